The fraction of sp³-hybridized carbons (Fsp3) is 0.103. The average molecular weight is 486 g/mol. The van der Waals surface area contributed by atoms with Gasteiger partial charge < -0.3 is 5.11 Å². The van der Waals surface area contributed by atoms with Crippen LogP contribution in [0.5, 0.6) is 0 Å². The Kier molecular flexibility index (Phi) is 6.47. The highest BCUT2D eigenvalue weighted by atomic mass is 32.2. The smallest absolute Gasteiger partial charge is 0.304 e. The molecule has 1 N–H and O–H groups in total. The molecule has 3 nitrogen and oxygen atoms in total. The van der Waals surface area contributed by atoms with Gasteiger partial charge >= 0.3 is 5.97 Å². The maximum atomic E-state index is 13.6. The molecule has 3 aromatic carbocycles. The number of aromatic nitrogens is 1. The third-order valence-corrected chi connectivity index (χ3v) is 7.20. The quantitative estimate of drug-likeness (QED) is 0.308. The Morgan fingerprint density at radius 2 is 1.69 bits per heavy atom. The molecular formula is C29H21F2NO2S. The van der Waals surface area contributed by atoms with Gasteiger partial charge in [-0.25, -0.2) is 13.8 Å². The highest BCUT2D eigenvalue weighted by Crippen LogP contribution is 2.42. The van der Waals surface area contributed by atoms with Gasteiger partial charge in [0.15, 0.2) is 11.6 Å². The zero-order chi connectivity index (χ0) is 24.4. The molecule has 0 amide bonds. The fourth-order valence-electron chi connectivity index (χ4n) is 4.18. The van der Waals surface area contributed by atoms with Crippen LogP contribution in [0.25, 0.3) is 35.2 Å². The molecule has 1 unspecified atom stereocenters. The zero-order valence-corrected chi connectivity index (χ0v) is 19.4. The molecular weight excluding hydrogens is 464 g/mol. The van der Waals surface area contributed by atoms with Crippen molar-refractivity contribution in [1.29, 1.82) is 0 Å². The number of carboxylic acids is 1. The second-order valence-corrected chi connectivity index (χ2v) is 9.49. The second kappa shape index (κ2) is 9.84. The number of fused-ring (bicyclic) bond motifs is 3. The molecule has 1 atom stereocenters. The first kappa shape index (κ1) is 23.0. The van der Waals surface area contributed by atoms with Crippen LogP contribution in [0, 0.1) is 11.6 Å². The molecule has 5 rings (SSSR count). The Morgan fingerprint density at radius 1 is 0.914 bits per heavy atom. The van der Waals surface area contributed by atoms with Crippen molar-refractivity contribution in [3.05, 3.63) is 112 Å². The largest absolute Gasteiger partial charge is 0.481 e. The summed E-state index contributed by atoms with van der Waals surface area (Å²) in [7, 11) is 0. The molecule has 1 heterocycles. The van der Waals surface area contributed by atoms with Gasteiger partial charge in [-0.3, -0.25) is 4.79 Å². The third-order valence-electron chi connectivity index (χ3n) is 5.91. The van der Waals surface area contributed by atoms with E-state index in [4.69, 9.17) is 5.11 Å². The molecule has 174 valence electrons. The number of hydrogen-bond donors (Lipinski definition) is 1. The van der Waals surface area contributed by atoms with Crippen LogP contribution in [0.3, 0.4) is 0 Å². The minimum atomic E-state index is -0.920. The molecule has 0 radical (unpaired) electrons. The van der Waals surface area contributed by atoms with Gasteiger partial charge in [-0.15, -0.1) is 11.8 Å². The Bertz CT molecular complexity index is 1500. The van der Waals surface area contributed by atoms with Crippen LogP contribution in [0.1, 0.15) is 45.2 Å². The molecule has 4 aromatic rings. The summed E-state index contributed by atoms with van der Waals surface area (Å²) in [5, 5.41) is 9.67. The van der Waals surface area contributed by atoms with E-state index in [1.165, 1.54) is 0 Å². The Hall–Kier alpha value is -3.77. The molecule has 35 heavy (non-hydrogen) atoms. The highest BCUT2D eigenvalue weighted by molar-refractivity contribution is 7.99. The monoisotopic (exact) mass is 485 g/mol. The van der Waals surface area contributed by atoms with Crippen molar-refractivity contribution in [2.45, 2.75) is 11.7 Å². The van der Waals surface area contributed by atoms with E-state index < -0.39 is 17.6 Å². The number of nitrogens with zero attached hydrogens (tertiary/aromatic N) is 1. The lowest BCUT2D eigenvalue weighted by atomic mass is 9.97. The fourth-order valence-corrected chi connectivity index (χ4v) is 5.48. The number of thioether (sulfide) groups is 1. The van der Waals surface area contributed by atoms with E-state index in [-0.39, 0.29) is 11.7 Å². The van der Waals surface area contributed by atoms with Crippen molar-refractivity contribution in [3.8, 4) is 0 Å². The number of hydrogen-bond acceptors (Lipinski definition) is 3. The molecule has 1 aliphatic carbocycles. The summed E-state index contributed by atoms with van der Waals surface area (Å²) >= 11 is 1.63. The summed E-state index contributed by atoms with van der Waals surface area (Å²) in [6.45, 7) is 0. The predicted molar refractivity (Wildman–Crippen MR) is 139 cm³/mol. The molecule has 6 heteroatoms. The minimum Gasteiger partial charge on any atom is -0.481 e. The first-order chi connectivity index (χ1) is 17.0. The standard InChI is InChI=1S/C29H21F2NO2S/c30-25-16-21-10-12-22(32-27(21)17-26(25)31)11-6-18-5-7-20-9-8-19-3-1-2-4-23(19)29(24(20)15-18)35-14-13-28(33)34/h1-12,15-17,29H,13-14H2,(H,33,34)/b11-6+. The van der Waals surface area contributed by atoms with Crippen LogP contribution in [0.2, 0.25) is 0 Å². The summed E-state index contributed by atoms with van der Waals surface area (Å²) in [6.07, 6.45) is 8.08. The van der Waals surface area contributed by atoms with Crippen LogP contribution in [0.15, 0.2) is 66.7 Å². The number of aliphatic carboxylic acids is 1. The SMILES string of the molecule is O=C(O)CCSC1c2ccccc2C=Cc2ccc(/C=C/c3ccc4cc(F)c(F)cc4n3)cc21. The van der Waals surface area contributed by atoms with Crippen LogP contribution in [-0.4, -0.2) is 21.8 Å². The maximum Gasteiger partial charge on any atom is 0.304 e. The van der Waals surface area contributed by atoms with E-state index in [0.29, 0.717) is 22.3 Å². The summed E-state index contributed by atoms with van der Waals surface area (Å²) in [6, 6.07) is 20.1. The lowest BCUT2D eigenvalue weighted by molar-refractivity contribution is -0.136. The second-order valence-electron chi connectivity index (χ2n) is 8.27. The number of benzene rings is 3. The lowest BCUT2D eigenvalue weighted by Crippen LogP contribution is -2.04. The first-order valence-electron chi connectivity index (χ1n) is 11.2. The lowest BCUT2D eigenvalue weighted by Gasteiger charge is -2.20. The molecule has 0 fully saturated rings. The molecule has 0 aliphatic heterocycles. The number of rotatable bonds is 6. The van der Waals surface area contributed by atoms with Gasteiger partial charge in [0.25, 0.3) is 0 Å². The maximum absolute atomic E-state index is 13.6. The summed E-state index contributed by atoms with van der Waals surface area (Å²) < 4.78 is 27.1. The number of carboxylic acid groups (broad SMARTS) is 1. The van der Waals surface area contributed by atoms with E-state index in [9.17, 15) is 13.6 Å². The van der Waals surface area contributed by atoms with Gasteiger partial charge in [0.1, 0.15) is 0 Å². The van der Waals surface area contributed by atoms with Gasteiger partial charge in [0.05, 0.1) is 22.9 Å². The summed E-state index contributed by atoms with van der Waals surface area (Å²) in [4.78, 5) is 15.5. The topological polar surface area (TPSA) is 50.2 Å². The van der Waals surface area contributed by atoms with Crippen LogP contribution in [0.4, 0.5) is 8.78 Å². The van der Waals surface area contributed by atoms with Gasteiger partial charge in [-0.05, 0) is 52.1 Å². The van der Waals surface area contributed by atoms with E-state index in [2.05, 4.69) is 41.4 Å². The van der Waals surface area contributed by atoms with E-state index in [1.807, 2.05) is 30.4 Å². The summed E-state index contributed by atoms with van der Waals surface area (Å²) in [5.74, 6) is -2.11. The highest BCUT2D eigenvalue weighted by Gasteiger charge is 2.22. The Morgan fingerprint density at radius 3 is 2.51 bits per heavy atom. The normalized spacial score (nSPS) is 14.6. The number of halogens is 2. The van der Waals surface area contributed by atoms with Gasteiger partial charge in [0, 0.05) is 17.2 Å². The van der Waals surface area contributed by atoms with E-state index in [1.54, 1.807) is 23.9 Å². The summed E-state index contributed by atoms with van der Waals surface area (Å²) in [5.41, 5.74) is 6.48. The zero-order valence-electron chi connectivity index (χ0n) is 18.6. The van der Waals surface area contributed by atoms with Gasteiger partial charge in [-0.1, -0.05) is 60.7 Å². The van der Waals surface area contributed by atoms with Crippen molar-refractivity contribution in [2.24, 2.45) is 0 Å². The first-order valence-corrected chi connectivity index (χ1v) is 12.2. The van der Waals surface area contributed by atoms with Crippen LogP contribution in [-0.2, 0) is 4.79 Å². The van der Waals surface area contributed by atoms with Crippen molar-refractivity contribution in [3.63, 3.8) is 0 Å². The predicted octanol–water partition coefficient (Wildman–Crippen LogP) is 7.46. The molecule has 0 saturated carbocycles. The van der Waals surface area contributed by atoms with Crippen molar-refractivity contribution < 1.29 is 18.7 Å². The molecule has 0 bridgehead atoms. The molecule has 1 aromatic heterocycles. The van der Waals surface area contributed by atoms with Crippen molar-refractivity contribution in [2.75, 3.05) is 5.75 Å². The number of pyridine rings is 1. The van der Waals surface area contributed by atoms with Crippen LogP contribution >= 0.6 is 11.8 Å². The van der Waals surface area contributed by atoms with E-state index in [0.717, 1.165) is 39.9 Å². The minimum absolute atomic E-state index is 0.000524. The van der Waals surface area contributed by atoms with Crippen molar-refractivity contribution >= 4 is 52.9 Å². The molecule has 0 spiro atoms. The van der Waals surface area contributed by atoms with E-state index >= 15 is 0 Å². The Labute approximate surface area is 205 Å². The number of carbonyl (C=O) groups is 1. The third kappa shape index (κ3) is 5.03. The van der Waals surface area contributed by atoms with Crippen molar-refractivity contribution in [1.82, 2.24) is 4.98 Å². The molecule has 0 saturated heterocycles. The molecule has 1 aliphatic rings. The Balaban J connectivity index is 1.48. The average Bonchev–Trinajstić information content (AvgIpc) is 3.00. The van der Waals surface area contributed by atoms with Crippen LogP contribution < -0.4 is 0 Å². The van der Waals surface area contributed by atoms with Gasteiger partial charge in [0.2, 0.25) is 0 Å². The van der Waals surface area contributed by atoms with Gasteiger partial charge in [-0.2, -0.15) is 0 Å².